The summed E-state index contributed by atoms with van der Waals surface area (Å²) >= 11 is 0. The number of ether oxygens (including phenoxy) is 1. The van der Waals surface area contributed by atoms with Crippen LogP contribution in [0, 0.1) is 0 Å². The Bertz CT molecular complexity index is 753. The lowest BCUT2D eigenvalue weighted by atomic mass is 10.4. The second kappa shape index (κ2) is 8.23. The number of hydrogen-bond acceptors (Lipinski definition) is 7. The Morgan fingerprint density at radius 2 is 1.52 bits per heavy atom. The Labute approximate surface area is 145 Å². The molecule has 1 aliphatic heterocycles. The molecule has 1 unspecified atom stereocenters. The van der Waals surface area contributed by atoms with E-state index in [-0.39, 0.29) is 25.7 Å². The van der Waals surface area contributed by atoms with Gasteiger partial charge >= 0.3 is 25.9 Å². The van der Waals surface area contributed by atoms with Gasteiger partial charge in [0.1, 0.15) is 0 Å². The van der Waals surface area contributed by atoms with Crippen LogP contribution in [0.25, 0.3) is 0 Å². The first kappa shape index (κ1) is 19.8. The van der Waals surface area contributed by atoms with E-state index >= 15 is 0 Å². The van der Waals surface area contributed by atoms with Crippen LogP contribution in [-0.2, 0) is 37.6 Å². The third-order valence-corrected chi connectivity index (χ3v) is 7.12. The molecule has 1 aromatic heterocycles. The van der Waals surface area contributed by atoms with Gasteiger partial charge in [-0.3, -0.25) is 0 Å². The molecule has 0 spiro atoms. The fraction of sp³-hybridized carbons (Fsp3) is 0.786. The van der Waals surface area contributed by atoms with Gasteiger partial charge in [-0.1, -0.05) is 0 Å². The molecule has 0 saturated carbocycles. The molecule has 0 N–H and O–H groups in total. The standard InChI is InChI=1S/C14H25N3O7Si/c1-5-15-12(18)16(7-6-8-25(21-2,22-3)23-4)14(20)17(13(15)19)9-11-10-24-11/h11H,5-10H2,1-4H3. The van der Waals surface area contributed by atoms with Gasteiger partial charge in [0.25, 0.3) is 0 Å². The van der Waals surface area contributed by atoms with E-state index in [1.54, 1.807) is 6.92 Å². The molecule has 11 heteroatoms. The first-order valence-electron chi connectivity index (χ1n) is 8.14. The van der Waals surface area contributed by atoms with E-state index in [4.69, 9.17) is 18.0 Å². The lowest BCUT2D eigenvalue weighted by Crippen LogP contribution is -2.55. The summed E-state index contributed by atoms with van der Waals surface area (Å²) in [5.41, 5.74) is -1.82. The minimum atomic E-state index is -2.78. The third-order valence-electron chi connectivity index (χ3n) is 4.29. The molecule has 1 aromatic rings. The van der Waals surface area contributed by atoms with E-state index in [1.807, 2.05) is 0 Å². The normalized spacial score (nSPS) is 17.0. The van der Waals surface area contributed by atoms with E-state index in [0.29, 0.717) is 19.1 Å². The van der Waals surface area contributed by atoms with Crippen molar-refractivity contribution in [3.8, 4) is 0 Å². The highest BCUT2D eigenvalue weighted by Crippen LogP contribution is 2.15. The maximum absolute atomic E-state index is 12.6. The van der Waals surface area contributed by atoms with E-state index in [0.717, 1.165) is 13.7 Å². The fourth-order valence-corrected chi connectivity index (χ4v) is 4.39. The Balaban J connectivity index is 2.29. The lowest BCUT2D eigenvalue weighted by molar-refractivity contribution is 0.122. The monoisotopic (exact) mass is 375 g/mol. The molecule has 2 rings (SSSR count). The van der Waals surface area contributed by atoms with Crippen LogP contribution in [0.2, 0.25) is 6.04 Å². The summed E-state index contributed by atoms with van der Waals surface area (Å²) in [6.07, 6.45) is 0.302. The maximum Gasteiger partial charge on any atom is 0.500 e. The summed E-state index contributed by atoms with van der Waals surface area (Å²) in [7, 11) is 1.73. The SMILES string of the molecule is CCn1c(=O)n(CCC[Si](OC)(OC)OC)c(=O)n(CC2CO2)c1=O. The highest BCUT2D eigenvalue weighted by molar-refractivity contribution is 6.60. The summed E-state index contributed by atoms with van der Waals surface area (Å²) in [6, 6.07) is 0.444. The minimum absolute atomic E-state index is 0.141. The molecule has 25 heavy (non-hydrogen) atoms. The zero-order valence-corrected chi connectivity index (χ0v) is 16.0. The summed E-state index contributed by atoms with van der Waals surface area (Å²) in [5.74, 6) is 0. The number of hydrogen-bond donors (Lipinski definition) is 0. The van der Waals surface area contributed by atoms with Crippen LogP contribution < -0.4 is 17.1 Å². The van der Waals surface area contributed by atoms with E-state index < -0.39 is 25.9 Å². The Morgan fingerprint density at radius 1 is 1.00 bits per heavy atom. The van der Waals surface area contributed by atoms with Crippen molar-refractivity contribution in [3.63, 3.8) is 0 Å². The Kier molecular flexibility index (Phi) is 6.51. The zero-order valence-electron chi connectivity index (χ0n) is 15.0. The van der Waals surface area contributed by atoms with Gasteiger partial charge in [0.05, 0.1) is 19.3 Å². The van der Waals surface area contributed by atoms with Crippen molar-refractivity contribution < 1.29 is 18.0 Å². The van der Waals surface area contributed by atoms with Gasteiger partial charge in [0, 0.05) is 40.5 Å². The predicted octanol–water partition coefficient (Wildman–Crippen LogP) is -1.14. The molecule has 142 valence electrons. The highest BCUT2D eigenvalue weighted by Gasteiger charge is 2.37. The summed E-state index contributed by atoms with van der Waals surface area (Å²) in [6.45, 7) is 2.70. The molecule has 2 heterocycles. The topological polar surface area (TPSA) is 106 Å². The van der Waals surface area contributed by atoms with Crippen molar-refractivity contribution in [3.05, 3.63) is 31.5 Å². The smallest absolute Gasteiger partial charge is 0.377 e. The molecule has 1 atom stereocenters. The van der Waals surface area contributed by atoms with Crippen LogP contribution in [0.1, 0.15) is 13.3 Å². The van der Waals surface area contributed by atoms with Crippen molar-refractivity contribution in [1.29, 1.82) is 0 Å². The van der Waals surface area contributed by atoms with Crippen molar-refractivity contribution in [2.24, 2.45) is 0 Å². The van der Waals surface area contributed by atoms with Crippen LogP contribution in [0.4, 0.5) is 0 Å². The predicted molar refractivity (Wildman–Crippen MR) is 90.8 cm³/mol. The maximum atomic E-state index is 12.6. The Hall–Kier alpha value is -1.53. The lowest BCUT2D eigenvalue weighted by Gasteiger charge is -2.24. The van der Waals surface area contributed by atoms with Crippen LogP contribution in [0.5, 0.6) is 0 Å². The first-order chi connectivity index (χ1) is 11.9. The van der Waals surface area contributed by atoms with Gasteiger partial charge in [-0.25, -0.2) is 28.1 Å². The number of epoxide rings is 1. The molecule has 1 aliphatic rings. The molecule has 1 saturated heterocycles. The average molecular weight is 375 g/mol. The van der Waals surface area contributed by atoms with Crippen LogP contribution >= 0.6 is 0 Å². The van der Waals surface area contributed by atoms with Gasteiger partial charge in [-0.2, -0.15) is 0 Å². The number of rotatable bonds is 10. The number of nitrogens with zero attached hydrogens (tertiary/aromatic N) is 3. The van der Waals surface area contributed by atoms with Gasteiger partial charge in [0.15, 0.2) is 0 Å². The molecule has 0 amide bonds. The van der Waals surface area contributed by atoms with Crippen molar-refractivity contribution >= 4 is 8.80 Å². The quantitative estimate of drug-likeness (QED) is 0.376. The molecule has 0 radical (unpaired) electrons. The highest BCUT2D eigenvalue weighted by atomic mass is 28.4. The van der Waals surface area contributed by atoms with Gasteiger partial charge in [0.2, 0.25) is 0 Å². The molecule has 10 nitrogen and oxygen atoms in total. The molecule has 0 aliphatic carbocycles. The van der Waals surface area contributed by atoms with Crippen molar-refractivity contribution in [1.82, 2.24) is 13.7 Å². The summed E-state index contributed by atoms with van der Waals surface area (Å²) in [4.78, 5) is 37.4. The summed E-state index contributed by atoms with van der Waals surface area (Å²) < 4.78 is 24.3. The van der Waals surface area contributed by atoms with Gasteiger partial charge in [-0.15, -0.1) is 0 Å². The van der Waals surface area contributed by atoms with Crippen LogP contribution in [0.15, 0.2) is 14.4 Å². The van der Waals surface area contributed by atoms with Crippen molar-refractivity contribution in [2.45, 2.75) is 45.1 Å². The number of aromatic nitrogens is 3. The van der Waals surface area contributed by atoms with Gasteiger partial charge in [-0.05, 0) is 13.3 Å². The second-order valence-corrected chi connectivity index (χ2v) is 8.80. The minimum Gasteiger partial charge on any atom is -0.377 e. The zero-order chi connectivity index (χ0) is 18.6. The molecular weight excluding hydrogens is 350 g/mol. The Morgan fingerprint density at radius 3 is 2.00 bits per heavy atom. The molecule has 1 fully saturated rings. The molecule has 0 bridgehead atoms. The molecular formula is C14H25N3O7Si. The van der Waals surface area contributed by atoms with E-state index in [2.05, 4.69) is 0 Å². The largest absolute Gasteiger partial charge is 0.500 e. The van der Waals surface area contributed by atoms with Crippen LogP contribution in [0.3, 0.4) is 0 Å². The second-order valence-electron chi connectivity index (χ2n) is 5.71. The van der Waals surface area contributed by atoms with E-state index in [9.17, 15) is 14.4 Å². The first-order valence-corrected chi connectivity index (χ1v) is 10.1. The van der Waals surface area contributed by atoms with Crippen molar-refractivity contribution in [2.75, 3.05) is 27.9 Å². The summed E-state index contributed by atoms with van der Waals surface area (Å²) in [5, 5.41) is 0. The van der Waals surface area contributed by atoms with E-state index in [1.165, 1.54) is 21.3 Å². The third kappa shape index (κ3) is 4.18. The van der Waals surface area contributed by atoms with Crippen LogP contribution in [-0.4, -0.2) is 56.5 Å². The average Bonchev–Trinajstić information content (AvgIpc) is 3.43. The molecule has 0 aromatic carbocycles. The fourth-order valence-electron chi connectivity index (χ4n) is 2.69. The van der Waals surface area contributed by atoms with Gasteiger partial charge < -0.3 is 18.0 Å².